The lowest BCUT2D eigenvalue weighted by Gasteiger charge is -2.16. The summed E-state index contributed by atoms with van der Waals surface area (Å²) in [5.74, 6) is 0.717. The van der Waals surface area contributed by atoms with Gasteiger partial charge in [-0.1, -0.05) is 12.1 Å². The summed E-state index contributed by atoms with van der Waals surface area (Å²) >= 11 is 0. The molecule has 1 unspecified atom stereocenters. The lowest BCUT2D eigenvalue weighted by Crippen LogP contribution is -2.34. The van der Waals surface area contributed by atoms with E-state index < -0.39 is 0 Å². The molecule has 3 amide bonds. The molecule has 7 heteroatoms. The van der Waals surface area contributed by atoms with Gasteiger partial charge in [0.05, 0.1) is 11.8 Å². The summed E-state index contributed by atoms with van der Waals surface area (Å²) in [6.07, 6.45) is 4.65. The van der Waals surface area contributed by atoms with E-state index in [2.05, 4.69) is 10.6 Å². The van der Waals surface area contributed by atoms with Gasteiger partial charge < -0.3 is 25.0 Å². The predicted molar refractivity (Wildman–Crippen MR) is 98.4 cm³/mol. The zero-order valence-electron chi connectivity index (χ0n) is 15.0. The minimum absolute atomic E-state index is 0.100. The summed E-state index contributed by atoms with van der Waals surface area (Å²) < 4.78 is 11.4. The minimum atomic E-state index is -0.340. The third-order valence-corrected chi connectivity index (χ3v) is 4.67. The van der Waals surface area contributed by atoms with Crippen molar-refractivity contribution in [3.63, 3.8) is 0 Å². The van der Waals surface area contributed by atoms with Gasteiger partial charge >= 0.3 is 6.03 Å². The molecule has 1 aromatic rings. The third kappa shape index (κ3) is 5.36. The molecule has 2 heterocycles. The molecule has 26 heavy (non-hydrogen) atoms. The van der Waals surface area contributed by atoms with Crippen LogP contribution in [-0.4, -0.2) is 55.8 Å². The van der Waals surface area contributed by atoms with Crippen LogP contribution in [0.3, 0.4) is 0 Å². The van der Waals surface area contributed by atoms with Crippen molar-refractivity contribution < 1.29 is 19.1 Å². The van der Waals surface area contributed by atoms with Gasteiger partial charge in [0.2, 0.25) is 5.91 Å². The third-order valence-electron chi connectivity index (χ3n) is 4.67. The average Bonchev–Trinajstić information content (AvgIpc) is 3.35. The number of benzene rings is 1. The number of nitrogens with zero attached hydrogens (tertiary/aromatic N) is 1. The molecule has 0 radical (unpaired) electrons. The predicted octanol–water partition coefficient (Wildman–Crippen LogP) is 2.38. The fourth-order valence-electron chi connectivity index (χ4n) is 3.23. The number of likely N-dealkylation sites (tertiary alicyclic amines) is 1. The van der Waals surface area contributed by atoms with Gasteiger partial charge in [0, 0.05) is 32.7 Å². The largest absolute Gasteiger partial charge is 0.489 e. The zero-order valence-corrected chi connectivity index (χ0v) is 15.0. The van der Waals surface area contributed by atoms with Crippen LogP contribution in [0, 0.1) is 0 Å². The number of carbonyl (C=O) groups is 2. The Hall–Kier alpha value is -2.28. The second-order valence-electron chi connectivity index (χ2n) is 6.66. The second kappa shape index (κ2) is 9.43. The van der Waals surface area contributed by atoms with Gasteiger partial charge in [0.25, 0.3) is 0 Å². The van der Waals surface area contributed by atoms with Gasteiger partial charge in [-0.3, -0.25) is 4.79 Å². The molecule has 0 aromatic heterocycles. The van der Waals surface area contributed by atoms with Crippen molar-refractivity contribution >= 4 is 17.6 Å². The van der Waals surface area contributed by atoms with Gasteiger partial charge in [-0.25, -0.2) is 4.79 Å². The van der Waals surface area contributed by atoms with E-state index in [4.69, 9.17) is 9.47 Å². The highest BCUT2D eigenvalue weighted by molar-refractivity contribution is 5.91. The molecule has 142 valence electrons. The van der Waals surface area contributed by atoms with Crippen LogP contribution in [0.1, 0.15) is 32.1 Å². The van der Waals surface area contributed by atoms with E-state index in [9.17, 15) is 9.59 Å². The van der Waals surface area contributed by atoms with E-state index in [0.717, 1.165) is 45.4 Å². The highest BCUT2D eigenvalue weighted by Crippen LogP contribution is 2.25. The van der Waals surface area contributed by atoms with Crippen LogP contribution in [0.25, 0.3) is 0 Å². The lowest BCUT2D eigenvalue weighted by molar-refractivity contribution is -0.129. The van der Waals surface area contributed by atoms with Crippen molar-refractivity contribution in [2.45, 2.75) is 38.2 Å². The molecule has 2 aliphatic heterocycles. The van der Waals surface area contributed by atoms with Crippen molar-refractivity contribution in [1.82, 2.24) is 10.2 Å². The lowest BCUT2D eigenvalue weighted by atomic mass is 10.2. The van der Waals surface area contributed by atoms with Gasteiger partial charge in [-0.05, 0) is 37.8 Å². The van der Waals surface area contributed by atoms with Crippen LogP contribution >= 0.6 is 0 Å². The number of hydrogen-bond acceptors (Lipinski definition) is 4. The Kier molecular flexibility index (Phi) is 6.71. The zero-order chi connectivity index (χ0) is 18.2. The number of para-hydroxylation sites is 2. The molecular weight excluding hydrogens is 334 g/mol. The normalized spacial score (nSPS) is 19.4. The van der Waals surface area contributed by atoms with Crippen LogP contribution in [0.15, 0.2) is 24.3 Å². The summed E-state index contributed by atoms with van der Waals surface area (Å²) in [7, 11) is 0. The van der Waals surface area contributed by atoms with Crippen LogP contribution in [0.2, 0.25) is 0 Å². The number of urea groups is 1. The van der Waals surface area contributed by atoms with E-state index in [1.54, 1.807) is 6.07 Å². The average molecular weight is 361 g/mol. The van der Waals surface area contributed by atoms with Gasteiger partial charge in [0.1, 0.15) is 12.4 Å². The summed E-state index contributed by atoms with van der Waals surface area (Å²) in [6.45, 7) is 3.25. The Balaban J connectivity index is 1.42. The van der Waals surface area contributed by atoms with E-state index >= 15 is 0 Å². The summed E-state index contributed by atoms with van der Waals surface area (Å²) in [5, 5.41) is 5.52. The first-order valence-electron chi connectivity index (χ1n) is 9.38. The smallest absolute Gasteiger partial charge is 0.319 e. The van der Waals surface area contributed by atoms with E-state index in [1.165, 1.54) is 0 Å². The molecule has 2 saturated heterocycles. The summed E-state index contributed by atoms with van der Waals surface area (Å²) in [4.78, 5) is 25.9. The fraction of sp³-hybridized carbons (Fsp3) is 0.579. The number of carbonyl (C=O) groups excluding carboxylic acids is 2. The highest BCUT2D eigenvalue weighted by Gasteiger charge is 2.18. The first-order chi connectivity index (χ1) is 12.7. The van der Waals surface area contributed by atoms with Crippen LogP contribution in [0.5, 0.6) is 5.75 Å². The highest BCUT2D eigenvalue weighted by atomic mass is 16.5. The SMILES string of the molecule is O=C(NCCC(=O)N1CCCC1)Nc1ccccc1OCC1CCCO1. The number of anilines is 1. The minimum Gasteiger partial charge on any atom is -0.489 e. The molecule has 3 rings (SSSR count). The summed E-state index contributed by atoms with van der Waals surface area (Å²) in [5.41, 5.74) is 0.605. The number of ether oxygens (including phenoxy) is 2. The van der Waals surface area contributed by atoms with Crippen molar-refractivity contribution in [3.8, 4) is 5.75 Å². The first kappa shape index (κ1) is 18.5. The maximum absolute atomic E-state index is 12.1. The van der Waals surface area contributed by atoms with Crippen LogP contribution < -0.4 is 15.4 Å². The molecule has 0 bridgehead atoms. The van der Waals surface area contributed by atoms with Gasteiger partial charge in [-0.15, -0.1) is 0 Å². The summed E-state index contributed by atoms with van der Waals surface area (Å²) in [6, 6.07) is 6.97. The Morgan fingerprint density at radius 1 is 1.19 bits per heavy atom. The van der Waals surface area contributed by atoms with E-state index in [-0.39, 0.29) is 18.0 Å². The Morgan fingerprint density at radius 3 is 2.77 bits per heavy atom. The maximum atomic E-state index is 12.1. The number of amides is 3. The Morgan fingerprint density at radius 2 is 2.00 bits per heavy atom. The number of hydrogen-bond donors (Lipinski definition) is 2. The molecule has 0 aliphatic carbocycles. The fourth-order valence-corrected chi connectivity index (χ4v) is 3.23. The van der Waals surface area contributed by atoms with E-state index in [0.29, 0.717) is 31.0 Å². The van der Waals surface area contributed by atoms with Crippen molar-refractivity contribution in [3.05, 3.63) is 24.3 Å². The van der Waals surface area contributed by atoms with Crippen molar-refractivity contribution in [2.24, 2.45) is 0 Å². The molecule has 2 N–H and O–H groups in total. The number of rotatable bonds is 7. The second-order valence-corrected chi connectivity index (χ2v) is 6.66. The van der Waals surface area contributed by atoms with Gasteiger partial charge in [-0.2, -0.15) is 0 Å². The molecule has 0 saturated carbocycles. The van der Waals surface area contributed by atoms with Gasteiger partial charge in [0.15, 0.2) is 0 Å². The monoisotopic (exact) mass is 361 g/mol. The molecule has 2 fully saturated rings. The first-order valence-corrected chi connectivity index (χ1v) is 9.38. The molecule has 1 atom stereocenters. The van der Waals surface area contributed by atoms with Crippen LogP contribution in [0.4, 0.5) is 10.5 Å². The quantitative estimate of drug-likeness (QED) is 0.781. The molecule has 2 aliphatic rings. The standard InChI is InChI=1S/C19H27N3O4/c23-18(22-11-3-4-12-22)9-10-20-19(24)21-16-7-1-2-8-17(16)26-14-15-6-5-13-25-15/h1-2,7-8,15H,3-6,9-14H2,(H2,20,21,24). The van der Waals surface area contributed by atoms with Crippen LogP contribution in [-0.2, 0) is 9.53 Å². The molecule has 7 nitrogen and oxygen atoms in total. The van der Waals surface area contributed by atoms with E-state index in [1.807, 2.05) is 23.1 Å². The topological polar surface area (TPSA) is 79.9 Å². The molecule has 0 spiro atoms. The Labute approximate surface area is 154 Å². The molecular formula is C19H27N3O4. The van der Waals surface area contributed by atoms with Crippen molar-refractivity contribution in [1.29, 1.82) is 0 Å². The maximum Gasteiger partial charge on any atom is 0.319 e. The Bertz CT molecular complexity index is 611. The number of nitrogens with one attached hydrogen (secondary N) is 2. The van der Waals surface area contributed by atoms with Crippen molar-refractivity contribution in [2.75, 3.05) is 38.2 Å². The molecule has 1 aromatic carbocycles.